The summed E-state index contributed by atoms with van der Waals surface area (Å²) in [5, 5.41) is 4.31. The fourth-order valence-electron chi connectivity index (χ4n) is 2.87. The van der Waals surface area contributed by atoms with Gasteiger partial charge in [-0.3, -0.25) is 9.67 Å². The van der Waals surface area contributed by atoms with Crippen LogP contribution >= 0.6 is 0 Å². The summed E-state index contributed by atoms with van der Waals surface area (Å²) in [7, 11) is 0. The first-order valence-corrected chi connectivity index (χ1v) is 8.15. The predicted octanol–water partition coefficient (Wildman–Crippen LogP) is 4.19. The summed E-state index contributed by atoms with van der Waals surface area (Å²) < 4.78 is 42.8. The van der Waals surface area contributed by atoms with Crippen molar-refractivity contribution in [3.05, 3.63) is 72.3 Å². The summed E-state index contributed by atoms with van der Waals surface area (Å²) in [5.41, 5.74) is 2.67. The average Bonchev–Trinajstić information content (AvgIpc) is 3.04. The number of hydrogen-bond acceptors (Lipinski definition) is 4. The highest BCUT2D eigenvalue weighted by molar-refractivity contribution is 5.80. The molecular formula is C19H14F3N5. The largest absolute Gasteiger partial charge is 0.273 e. The number of fused-ring (bicyclic) bond motifs is 1. The van der Waals surface area contributed by atoms with Crippen molar-refractivity contribution >= 4 is 11.0 Å². The predicted molar refractivity (Wildman–Crippen MR) is 93.6 cm³/mol. The van der Waals surface area contributed by atoms with E-state index in [2.05, 4.69) is 20.1 Å². The summed E-state index contributed by atoms with van der Waals surface area (Å²) in [4.78, 5) is 12.3. The lowest BCUT2D eigenvalue weighted by Crippen LogP contribution is -2.10. The monoisotopic (exact) mass is 369 g/mol. The summed E-state index contributed by atoms with van der Waals surface area (Å²) in [6.45, 7) is 1.12. The smallest absolute Gasteiger partial charge is 0.259 e. The van der Waals surface area contributed by atoms with Gasteiger partial charge in [-0.2, -0.15) is 5.10 Å². The minimum absolute atomic E-state index is 0.442. The molecule has 5 nitrogen and oxygen atoms in total. The summed E-state index contributed by atoms with van der Waals surface area (Å²) in [6.07, 6.45) is 8.00. The van der Waals surface area contributed by atoms with Gasteiger partial charge in [0.25, 0.3) is 5.92 Å². The van der Waals surface area contributed by atoms with Gasteiger partial charge in [-0.15, -0.1) is 0 Å². The highest BCUT2D eigenvalue weighted by atomic mass is 19.3. The fourth-order valence-corrected chi connectivity index (χ4v) is 2.87. The van der Waals surface area contributed by atoms with Gasteiger partial charge < -0.3 is 0 Å². The Balaban J connectivity index is 1.77. The number of rotatable bonds is 4. The van der Waals surface area contributed by atoms with Crippen molar-refractivity contribution in [2.45, 2.75) is 19.4 Å². The van der Waals surface area contributed by atoms with E-state index in [1.54, 1.807) is 35.5 Å². The van der Waals surface area contributed by atoms with Crippen molar-refractivity contribution in [2.75, 3.05) is 0 Å². The van der Waals surface area contributed by atoms with Crippen molar-refractivity contribution in [3.63, 3.8) is 0 Å². The molecule has 0 unspecified atom stereocenters. The van der Waals surface area contributed by atoms with Crippen molar-refractivity contribution in [3.8, 4) is 11.1 Å². The Bertz CT molecular complexity index is 1100. The zero-order chi connectivity index (χ0) is 19.0. The Labute approximate surface area is 152 Å². The second-order valence-corrected chi connectivity index (χ2v) is 6.26. The van der Waals surface area contributed by atoms with Crippen LogP contribution in [-0.2, 0) is 12.5 Å². The van der Waals surface area contributed by atoms with Crippen LogP contribution in [0, 0.1) is 5.82 Å². The van der Waals surface area contributed by atoms with Crippen molar-refractivity contribution < 1.29 is 13.2 Å². The third-order valence-corrected chi connectivity index (χ3v) is 4.21. The maximum absolute atomic E-state index is 13.8. The van der Waals surface area contributed by atoms with Crippen LogP contribution in [0.5, 0.6) is 0 Å². The van der Waals surface area contributed by atoms with Gasteiger partial charge in [0, 0.05) is 36.6 Å². The van der Waals surface area contributed by atoms with Crippen molar-refractivity contribution in [1.82, 2.24) is 24.7 Å². The van der Waals surface area contributed by atoms with Gasteiger partial charge in [0.05, 0.1) is 23.8 Å². The van der Waals surface area contributed by atoms with Crippen LogP contribution < -0.4 is 0 Å². The topological polar surface area (TPSA) is 56.5 Å². The lowest BCUT2D eigenvalue weighted by Gasteiger charge is -2.13. The highest BCUT2D eigenvalue weighted by Crippen LogP contribution is 2.33. The van der Waals surface area contributed by atoms with E-state index in [-0.39, 0.29) is 0 Å². The van der Waals surface area contributed by atoms with Gasteiger partial charge in [0.2, 0.25) is 0 Å². The van der Waals surface area contributed by atoms with Gasteiger partial charge in [0.1, 0.15) is 17.7 Å². The molecule has 4 rings (SSSR count). The molecule has 0 aliphatic heterocycles. The highest BCUT2D eigenvalue weighted by Gasteiger charge is 2.28. The van der Waals surface area contributed by atoms with Crippen molar-refractivity contribution in [1.29, 1.82) is 0 Å². The van der Waals surface area contributed by atoms with Crippen LogP contribution in [0.25, 0.3) is 22.2 Å². The molecule has 0 amide bonds. The van der Waals surface area contributed by atoms with E-state index in [1.165, 1.54) is 12.4 Å². The van der Waals surface area contributed by atoms with E-state index < -0.39 is 17.3 Å². The molecule has 0 aliphatic carbocycles. The molecule has 4 aromatic rings. The van der Waals surface area contributed by atoms with Crippen LogP contribution in [0.2, 0.25) is 0 Å². The third kappa shape index (κ3) is 3.38. The summed E-state index contributed by atoms with van der Waals surface area (Å²) >= 11 is 0. The maximum atomic E-state index is 13.8. The first-order chi connectivity index (χ1) is 12.9. The standard InChI is InChI=1S/C19H14F3N5/c1-19(21,22)15-4-13(2-3-16(15)20)14-5-18-17(25-8-14)9-26-27(18)10-12-6-23-11-24-7-12/h2-9,11H,10H2,1H3. The van der Waals surface area contributed by atoms with Gasteiger partial charge in [-0.25, -0.2) is 23.1 Å². The van der Waals surface area contributed by atoms with Crippen molar-refractivity contribution in [2.24, 2.45) is 0 Å². The Hall–Kier alpha value is -3.29. The molecule has 27 heavy (non-hydrogen) atoms. The van der Waals surface area contributed by atoms with Crippen LogP contribution in [0.3, 0.4) is 0 Å². The molecule has 3 heterocycles. The second-order valence-electron chi connectivity index (χ2n) is 6.26. The van der Waals surface area contributed by atoms with E-state index in [0.717, 1.165) is 23.2 Å². The first kappa shape index (κ1) is 17.1. The minimum atomic E-state index is -3.27. The van der Waals surface area contributed by atoms with Crippen LogP contribution in [0.1, 0.15) is 18.1 Å². The number of hydrogen-bond donors (Lipinski definition) is 0. The summed E-state index contributed by atoms with van der Waals surface area (Å²) in [6, 6.07) is 5.46. The molecular weight excluding hydrogens is 355 g/mol. The fraction of sp³-hybridized carbons (Fsp3) is 0.158. The van der Waals surface area contributed by atoms with E-state index >= 15 is 0 Å². The normalized spacial score (nSPS) is 11.9. The van der Waals surface area contributed by atoms with Gasteiger partial charge in [-0.1, -0.05) is 6.07 Å². The molecule has 8 heteroatoms. The maximum Gasteiger partial charge on any atom is 0.273 e. The molecule has 136 valence electrons. The van der Waals surface area contributed by atoms with E-state index in [0.29, 0.717) is 30.1 Å². The number of pyridine rings is 1. The van der Waals surface area contributed by atoms with Crippen LogP contribution in [0.15, 0.2) is 55.4 Å². The zero-order valence-electron chi connectivity index (χ0n) is 14.3. The number of aromatic nitrogens is 5. The Morgan fingerprint density at radius 1 is 1.00 bits per heavy atom. The van der Waals surface area contributed by atoms with E-state index in [4.69, 9.17) is 0 Å². The summed E-state index contributed by atoms with van der Waals surface area (Å²) in [5.74, 6) is -4.21. The molecule has 0 N–H and O–H groups in total. The quantitative estimate of drug-likeness (QED) is 0.541. The van der Waals surface area contributed by atoms with E-state index in [9.17, 15) is 13.2 Å². The Kier molecular flexibility index (Phi) is 4.10. The molecule has 0 atom stereocenters. The number of alkyl halides is 2. The Morgan fingerprint density at radius 2 is 1.78 bits per heavy atom. The van der Waals surface area contributed by atoms with E-state index in [1.807, 2.05) is 0 Å². The number of benzene rings is 1. The molecule has 0 saturated heterocycles. The lowest BCUT2D eigenvalue weighted by atomic mass is 10.0. The number of halogens is 3. The Morgan fingerprint density at radius 3 is 2.52 bits per heavy atom. The van der Waals surface area contributed by atoms with Gasteiger partial charge >= 0.3 is 0 Å². The number of nitrogens with zero attached hydrogens (tertiary/aromatic N) is 5. The minimum Gasteiger partial charge on any atom is -0.259 e. The van der Waals surface area contributed by atoms with Crippen LogP contribution in [-0.4, -0.2) is 24.7 Å². The molecule has 0 fully saturated rings. The first-order valence-electron chi connectivity index (χ1n) is 8.15. The average molecular weight is 369 g/mol. The van der Waals surface area contributed by atoms with Crippen LogP contribution in [0.4, 0.5) is 13.2 Å². The molecule has 3 aromatic heterocycles. The zero-order valence-corrected chi connectivity index (χ0v) is 14.3. The molecule has 1 aromatic carbocycles. The SMILES string of the molecule is CC(F)(F)c1cc(-c2cnc3cnn(Cc4cncnc4)c3c2)ccc1F. The van der Waals surface area contributed by atoms with Gasteiger partial charge in [0.15, 0.2) is 0 Å². The third-order valence-electron chi connectivity index (χ3n) is 4.21. The molecule has 0 saturated carbocycles. The molecule has 0 bridgehead atoms. The second kappa shape index (κ2) is 6.46. The molecule has 0 aliphatic rings. The molecule has 0 radical (unpaired) electrons. The van der Waals surface area contributed by atoms with Gasteiger partial charge in [-0.05, 0) is 23.8 Å². The lowest BCUT2D eigenvalue weighted by molar-refractivity contribution is 0.0138. The molecule has 0 spiro atoms.